The van der Waals surface area contributed by atoms with Crippen molar-refractivity contribution in [3.8, 4) is 0 Å². The smallest absolute Gasteiger partial charge is 0.155 e. The van der Waals surface area contributed by atoms with Gasteiger partial charge >= 0.3 is 0 Å². The van der Waals surface area contributed by atoms with Gasteiger partial charge in [0.15, 0.2) is 5.78 Å². The predicted molar refractivity (Wildman–Crippen MR) is 106 cm³/mol. The zero-order valence-corrected chi connectivity index (χ0v) is 16.5. The molecule has 1 heterocycles. The molecular weight excluding hydrogens is 332 g/mol. The molecule has 0 aromatic carbocycles. The third-order valence-corrected chi connectivity index (χ3v) is 9.83. The van der Waals surface area contributed by atoms with Gasteiger partial charge in [-0.3, -0.25) is 4.79 Å². The molecule has 0 radical (unpaired) electrons. The molecule has 0 aromatic rings. The van der Waals surface area contributed by atoms with Crippen molar-refractivity contribution < 1.29 is 9.53 Å². The maximum Gasteiger partial charge on any atom is 0.155 e. The molecule has 4 saturated carbocycles. The van der Waals surface area contributed by atoms with E-state index >= 15 is 0 Å². The minimum Gasteiger partial charge on any atom is -0.366 e. The SMILES string of the molecule is C=CC1CC2=CC(=O)CCC2C2CCC3(CC)C(C12)[C@@H]1CC1[C@@]31C=CCO1. The average molecular weight is 365 g/mol. The molecule has 0 saturated heterocycles. The number of carbonyl (C=O) groups excluding carboxylic acids is 1. The molecule has 2 heteroatoms. The van der Waals surface area contributed by atoms with E-state index in [1.165, 1.54) is 31.3 Å². The summed E-state index contributed by atoms with van der Waals surface area (Å²) in [5, 5.41) is 0. The Morgan fingerprint density at radius 2 is 2.22 bits per heavy atom. The highest BCUT2D eigenvalue weighted by atomic mass is 16.5. The summed E-state index contributed by atoms with van der Waals surface area (Å²) in [6.07, 6.45) is 17.2. The van der Waals surface area contributed by atoms with Gasteiger partial charge in [-0.25, -0.2) is 0 Å². The number of carbonyl (C=O) groups is 1. The van der Waals surface area contributed by atoms with Gasteiger partial charge in [0.05, 0.1) is 12.2 Å². The van der Waals surface area contributed by atoms with Gasteiger partial charge in [0.1, 0.15) is 0 Å². The average Bonchev–Trinajstić information content (AvgIpc) is 3.26. The third-order valence-electron chi connectivity index (χ3n) is 9.83. The number of ketones is 1. The molecule has 1 aliphatic heterocycles. The molecule has 6 aliphatic rings. The van der Waals surface area contributed by atoms with E-state index < -0.39 is 0 Å². The first kappa shape index (κ1) is 16.8. The van der Waals surface area contributed by atoms with E-state index in [2.05, 4.69) is 31.7 Å². The Hall–Kier alpha value is -1.15. The standard InChI is InChI=1S/C25H32O2/c1-3-15-12-16-13-17(26)6-7-18(16)19-8-10-24(4-2)23(22(15)19)20-14-21(20)25(24)9-5-11-27-25/h3,5,9,13,15,18-23H,1,4,6-8,10-12,14H2,2H3/t15?,18?,19?,20-,21?,22?,23?,24?,25+/m1/s1. The fourth-order valence-electron chi connectivity index (χ4n) is 9.00. The van der Waals surface area contributed by atoms with Crippen molar-refractivity contribution >= 4 is 5.78 Å². The number of fused-ring (bicyclic) bond motifs is 9. The van der Waals surface area contributed by atoms with Crippen LogP contribution in [0.4, 0.5) is 0 Å². The lowest BCUT2D eigenvalue weighted by molar-refractivity contribution is -0.148. The summed E-state index contributed by atoms with van der Waals surface area (Å²) in [6, 6.07) is 0. The largest absolute Gasteiger partial charge is 0.366 e. The topological polar surface area (TPSA) is 26.3 Å². The highest BCUT2D eigenvalue weighted by Crippen LogP contribution is 2.79. The molecule has 9 atom stereocenters. The molecule has 0 amide bonds. The van der Waals surface area contributed by atoms with Gasteiger partial charge in [0.25, 0.3) is 0 Å². The predicted octanol–water partition coefficient (Wildman–Crippen LogP) is 5.11. The second kappa shape index (κ2) is 5.47. The van der Waals surface area contributed by atoms with Crippen molar-refractivity contribution in [2.24, 2.45) is 46.8 Å². The molecule has 4 fully saturated rings. The van der Waals surface area contributed by atoms with Crippen molar-refractivity contribution in [1.29, 1.82) is 0 Å². The van der Waals surface area contributed by atoms with Crippen molar-refractivity contribution in [1.82, 2.24) is 0 Å². The van der Waals surface area contributed by atoms with Gasteiger partial charge in [-0.05, 0) is 86.0 Å². The van der Waals surface area contributed by atoms with Crippen LogP contribution in [0.2, 0.25) is 0 Å². The molecule has 6 rings (SSSR count). The molecule has 2 nitrogen and oxygen atoms in total. The number of allylic oxidation sites excluding steroid dienone is 2. The maximum absolute atomic E-state index is 12.1. The fraction of sp³-hybridized carbons (Fsp3) is 0.720. The second-order valence-electron chi connectivity index (χ2n) is 10.3. The molecule has 5 aliphatic carbocycles. The fourth-order valence-corrected chi connectivity index (χ4v) is 9.00. The van der Waals surface area contributed by atoms with Crippen LogP contribution in [0.5, 0.6) is 0 Å². The third kappa shape index (κ3) is 1.89. The van der Waals surface area contributed by atoms with Crippen molar-refractivity contribution in [2.75, 3.05) is 6.61 Å². The summed E-state index contributed by atoms with van der Waals surface area (Å²) in [5.74, 6) is 5.47. The van der Waals surface area contributed by atoms with E-state index in [-0.39, 0.29) is 5.60 Å². The molecule has 27 heavy (non-hydrogen) atoms. The monoisotopic (exact) mass is 364 g/mol. The van der Waals surface area contributed by atoms with Gasteiger partial charge in [-0.1, -0.05) is 30.7 Å². The number of ether oxygens (including phenoxy) is 1. The summed E-state index contributed by atoms with van der Waals surface area (Å²) in [4.78, 5) is 12.1. The van der Waals surface area contributed by atoms with Crippen LogP contribution < -0.4 is 0 Å². The van der Waals surface area contributed by atoms with E-state index in [9.17, 15) is 4.79 Å². The first-order valence-electron chi connectivity index (χ1n) is 11.3. The van der Waals surface area contributed by atoms with Crippen LogP contribution in [0.15, 0.2) is 36.5 Å². The normalized spacial score (nSPS) is 54.8. The lowest BCUT2D eigenvalue weighted by Gasteiger charge is -2.60. The van der Waals surface area contributed by atoms with E-state index in [4.69, 9.17) is 4.74 Å². The Balaban J connectivity index is 1.45. The maximum atomic E-state index is 12.1. The molecule has 7 unspecified atom stereocenters. The summed E-state index contributed by atoms with van der Waals surface area (Å²) in [5.41, 5.74) is 1.83. The molecule has 0 N–H and O–H groups in total. The van der Waals surface area contributed by atoms with Crippen LogP contribution in [0, 0.1) is 46.8 Å². The van der Waals surface area contributed by atoms with Crippen LogP contribution in [0.3, 0.4) is 0 Å². The summed E-state index contributed by atoms with van der Waals surface area (Å²) < 4.78 is 6.60. The Morgan fingerprint density at radius 3 is 2.96 bits per heavy atom. The van der Waals surface area contributed by atoms with E-state index in [1.807, 2.05) is 6.08 Å². The van der Waals surface area contributed by atoms with Crippen LogP contribution in [-0.2, 0) is 9.53 Å². The quantitative estimate of drug-likeness (QED) is 0.636. The lowest BCUT2D eigenvalue weighted by atomic mass is 9.46. The van der Waals surface area contributed by atoms with E-state index in [0.29, 0.717) is 23.0 Å². The number of hydrogen-bond donors (Lipinski definition) is 0. The minimum absolute atomic E-state index is 0.0341. The van der Waals surface area contributed by atoms with Gasteiger partial charge in [0, 0.05) is 11.8 Å². The van der Waals surface area contributed by atoms with Gasteiger partial charge in [-0.2, -0.15) is 0 Å². The molecular formula is C25H32O2. The van der Waals surface area contributed by atoms with Crippen LogP contribution in [-0.4, -0.2) is 18.0 Å². The Bertz CT molecular complexity index is 762. The molecule has 0 bridgehead atoms. The summed E-state index contributed by atoms with van der Waals surface area (Å²) >= 11 is 0. The first-order chi connectivity index (χ1) is 13.1. The first-order valence-corrected chi connectivity index (χ1v) is 11.3. The number of hydrogen-bond acceptors (Lipinski definition) is 2. The zero-order chi connectivity index (χ0) is 18.4. The highest BCUT2D eigenvalue weighted by Gasteiger charge is 2.77. The van der Waals surface area contributed by atoms with Crippen molar-refractivity contribution in [3.05, 3.63) is 36.5 Å². The molecule has 1 spiro atoms. The summed E-state index contributed by atoms with van der Waals surface area (Å²) in [7, 11) is 0. The molecule has 144 valence electrons. The lowest BCUT2D eigenvalue weighted by Crippen LogP contribution is -2.57. The van der Waals surface area contributed by atoms with E-state index in [0.717, 1.165) is 55.5 Å². The highest BCUT2D eigenvalue weighted by molar-refractivity contribution is 5.91. The van der Waals surface area contributed by atoms with E-state index in [1.54, 1.807) is 0 Å². The Labute approximate surface area is 163 Å². The minimum atomic E-state index is 0.0341. The van der Waals surface area contributed by atoms with Gasteiger partial charge < -0.3 is 4.74 Å². The Kier molecular flexibility index (Phi) is 3.40. The van der Waals surface area contributed by atoms with Crippen LogP contribution >= 0.6 is 0 Å². The molecule has 0 aromatic heterocycles. The number of rotatable bonds is 2. The van der Waals surface area contributed by atoms with Crippen LogP contribution in [0.25, 0.3) is 0 Å². The van der Waals surface area contributed by atoms with Gasteiger partial charge in [0.2, 0.25) is 0 Å². The summed E-state index contributed by atoms with van der Waals surface area (Å²) in [6.45, 7) is 7.50. The zero-order valence-electron chi connectivity index (χ0n) is 16.5. The van der Waals surface area contributed by atoms with Crippen molar-refractivity contribution in [3.63, 3.8) is 0 Å². The second-order valence-corrected chi connectivity index (χ2v) is 10.3. The Morgan fingerprint density at radius 1 is 1.33 bits per heavy atom. The van der Waals surface area contributed by atoms with Crippen molar-refractivity contribution in [2.45, 2.75) is 57.5 Å². The van der Waals surface area contributed by atoms with Crippen LogP contribution in [0.1, 0.15) is 51.9 Å². The van der Waals surface area contributed by atoms with Gasteiger partial charge in [-0.15, -0.1) is 6.58 Å².